The van der Waals surface area contributed by atoms with Gasteiger partial charge in [0.1, 0.15) is 11.7 Å². The summed E-state index contributed by atoms with van der Waals surface area (Å²) < 4.78 is 5.20. The van der Waals surface area contributed by atoms with Crippen LogP contribution in [0.15, 0.2) is 90.1 Å². The minimum Gasteiger partial charge on any atom is -0.497 e. The topological polar surface area (TPSA) is 77.0 Å². The zero-order chi connectivity index (χ0) is 22.1. The smallest absolute Gasteiger partial charge is 0.277 e. The summed E-state index contributed by atoms with van der Waals surface area (Å²) in [5, 5.41) is 7.07. The molecule has 0 bridgehead atoms. The van der Waals surface area contributed by atoms with Crippen LogP contribution < -0.4 is 10.1 Å². The van der Waals surface area contributed by atoms with E-state index in [2.05, 4.69) is 10.5 Å². The van der Waals surface area contributed by atoms with Gasteiger partial charge >= 0.3 is 0 Å². The Labute approximate surface area is 185 Å². The van der Waals surface area contributed by atoms with E-state index in [-0.39, 0.29) is 5.78 Å². The normalized spacial score (nSPS) is 21.2. The zero-order valence-corrected chi connectivity index (χ0v) is 17.3. The standard InChI is InChI=1S/C26H20N2O4/c1-31-19-14-12-18(13-15-19)24(29)23-22(16-11-17-7-3-2-4-8-17)28-32-26(23)20-9-5-6-10-21(20)27-25(26)30/h2-16,23H,1H3,(H,27,30)/b16-11+/t23-,26+/m0/s1. The van der Waals surface area contributed by atoms with Gasteiger partial charge < -0.3 is 14.9 Å². The second-order valence-corrected chi connectivity index (χ2v) is 7.61. The number of benzene rings is 3. The Morgan fingerprint density at radius 1 is 1.00 bits per heavy atom. The van der Waals surface area contributed by atoms with Crippen molar-refractivity contribution in [1.29, 1.82) is 0 Å². The third-order valence-corrected chi connectivity index (χ3v) is 5.79. The van der Waals surface area contributed by atoms with Crippen molar-refractivity contribution < 1.29 is 19.2 Å². The van der Waals surface area contributed by atoms with E-state index in [1.807, 2.05) is 48.5 Å². The Kier molecular flexibility index (Phi) is 4.82. The fraction of sp³-hybridized carbons (Fsp3) is 0.115. The third-order valence-electron chi connectivity index (χ3n) is 5.79. The lowest BCUT2D eigenvalue weighted by Crippen LogP contribution is -2.46. The maximum absolute atomic E-state index is 13.8. The molecule has 2 atom stereocenters. The van der Waals surface area contributed by atoms with Gasteiger partial charge in [0.05, 0.1) is 12.8 Å². The van der Waals surface area contributed by atoms with Crippen molar-refractivity contribution in [2.45, 2.75) is 5.60 Å². The molecule has 0 unspecified atom stereocenters. The SMILES string of the molecule is COc1ccc(C(=O)[C@@H]2C(/C=C/c3ccccc3)=NO[C@@]23C(=O)Nc2ccccc23)cc1. The Hall–Kier alpha value is -4.19. The number of methoxy groups -OCH3 is 1. The number of oxime groups is 1. The van der Waals surface area contributed by atoms with Crippen LogP contribution in [0.25, 0.3) is 6.08 Å². The molecule has 5 rings (SSSR count). The molecule has 0 fully saturated rings. The molecule has 1 N–H and O–H groups in total. The maximum atomic E-state index is 13.8. The van der Waals surface area contributed by atoms with E-state index in [1.165, 1.54) is 0 Å². The highest BCUT2D eigenvalue weighted by molar-refractivity contribution is 6.23. The lowest BCUT2D eigenvalue weighted by atomic mass is 9.75. The fourth-order valence-corrected chi connectivity index (χ4v) is 4.18. The molecule has 158 valence electrons. The summed E-state index contributed by atoms with van der Waals surface area (Å²) in [6.45, 7) is 0. The number of carbonyl (C=O) groups excluding carboxylic acids is 2. The number of nitrogens with one attached hydrogen (secondary N) is 1. The first-order valence-electron chi connectivity index (χ1n) is 10.2. The number of amides is 1. The molecule has 0 radical (unpaired) electrons. The van der Waals surface area contributed by atoms with Gasteiger partial charge in [0.2, 0.25) is 0 Å². The van der Waals surface area contributed by atoms with Gasteiger partial charge in [0.15, 0.2) is 5.78 Å². The summed E-state index contributed by atoms with van der Waals surface area (Å²) in [6, 6.07) is 23.7. The Bertz CT molecular complexity index is 1250. The summed E-state index contributed by atoms with van der Waals surface area (Å²) in [5.74, 6) is -0.967. The average Bonchev–Trinajstić information content (AvgIpc) is 3.36. The number of ether oxygens (including phenoxy) is 1. The highest BCUT2D eigenvalue weighted by Crippen LogP contribution is 2.49. The van der Waals surface area contributed by atoms with E-state index in [9.17, 15) is 9.59 Å². The second-order valence-electron chi connectivity index (χ2n) is 7.61. The zero-order valence-electron chi connectivity index (χ0n) is 17.3. The minimum atomic E-state index is -1.55. The van der Waals surface area contributed by atoms with Gasteiger partial charge in [0, 0.05) is 16.8 Å². The number of para-hydroxylation sites is 1. The van der Waals surface area contributed by atoms with Gasteiger partial charge in [-0.1, -0.05) is 59.8 Å². The molecule has 1 spiro atoms. The first kappa shape index (κ1) is 19.8. The van der Waals surface area contributed by atoms with Gasteiger partial charge in [-0.25, -0.2) is 0 Å². The molecule has 0 saturated carbocycles. The molecule has 3 aromatic rings. The first-order chi connectivity index (χ1) is 15.6. The van der Waals surface area contributed by atoms with Crippen molar-refractivity contribution in [3.05, 3.63) is 102 Å². The molecule has 32 heavy (non-hydrogen) atoms. The van der Waals surface area contributed by atoms with Crippen LogP contribution in [0.1, 0.15) is 21.5 Å². The minimum absolute atomic E-state index is 0.256. The van der Waals surface area contributed by atoms with E-state index >= 15 is 0 Å². The van der Waals surface area contributed by atoms with Crippen LogP contribution in [-0.4, -0.2) is 24.5 Å². The molecular weight excluding hydrogens is 404 g/mol. The highest BCUT2D eigenvalue weighted by atomic mass is 16.7. The van der Waals surface area contributed by atoms with Crippen molar-refractivity contribution in [2.75, 3.05) is 12.4 Å². The number of anilines is 1. The highest BCUT2D eigenvalue weighted by Gasteiger charge is 2.62. The van der Waals surface area contributed by atoms with Gasteiger partial charge in [-0.05, 0) is 42.0 Å². The molecule has 2 heterocycles. The molecule has 6 nitrogen and oxygen atoms in total. The molecule has 1 amide bonds. The van der Waals surface area contributed by atoms with Crippen LogP contribution in [0.4, 0.5) is 5.69 Å². The summed E-state index contributed by atoms with van der Waals surface area (Å²) in [6.07, 6.45) is 3.60. The van der Waals surface area contributed by atoms with Crippen LogP contribution in [0, 0.1) is 5.92 Å². The van der Waals surface area contributed by atoms with Crippen molar-refractivity contribution in [3.8, 4) is 5.75 Å². The number of ketones is 1. The number of rotatable bonds is 5. The molecule has 0 aliphatic carbocycles. The maximum Gasteiger partial charge on any atom is 0.277 e. The van der Waals surface area contributed by atoms with Crippen molar-refractivity contribution in [1.82, 2.24) is 0 Å². The predicted molar refractivity (Wildman–Crippen MR) is 122 cm³/mol. The summed E-state index contributed by atoms with van der Waals surface area (Å²) in [4.78, 5) is 32.8. The molecule has 2 aliphatic heterocycles. The molecule has 0 aromatic heterocycles. The number of nitrogens with zero attached hydrogens (tertiary/aromatic N) is 1. The number of hydrogen-bond acceptors (Lipinski definition) is 5. The monoisotopic (exact) mass is 424 g/mol. The Balaban J connectivity index is 1.60. The van der Waals surface area contributed by atoms with Crippen LogP contribution in [0.2, 0.25) is 0 Å². The number of allylic oxidation sites excluding steroid dienone is 1. The number of hydrogen-bond donors (Lipinski definition) is 1. The Morgan fingerprint density at radius 2 is 1.72 bits per heavy atom. The summed E-state index contributed by atoms with van der Waals surface area (Å²) >= 11 is 0. The van der Waals surface area contributed by atoms with Gasteiger partial charge in [-0.3, -0.25) is 9.59 Å². The fourth-order valence-electron chi connectivity index (χ4n) is 4.18. The van der Waals surface area contributed by atoms with E-state index in [1.54, 1.807) is 49.6 Å². The molecule has 3 aromatic carbocycles. The largest absolute Gasteiger partial charge is 0.497 e. The van der Waals surface area contributed by atoms with Crippen LogP contribution in [0.3, 0.4) is 0 Å². The Morgan fingerprint density at radius 3 is 2.47 bits per heavy atom. The van der Waals surface area contributed by atoms with Crippen LogP contribution in [0.5, 0.6) is 5.75 Å². The average molecular weight is 424 g/mol. The summed E-state index contributed by atoms with van der Waals surface area (Å²) in [7, 11) is 1.57. The van der Waals surface area contributed by atoms with Crippen molar-refractivity contribution in [3.63, 3.8) is 0 Å². The van der Waals surface area contributed by atoms with Gasteiger partial charge in [0.25, 0.3) is 11.5 Å². The quantitative estimate of drug-likeness (QED) is 0.615. The molecule has 0 saturated heterocycles. The number of fused-ring (bicyclic) bond motifs is 2. The van der Waals surface area contributed by atoms with E-state index in [0.717, 1.165) is 5.56 Å². The lowest BCUT2D eigenvalue weighted by molar-refractivity contribution is -0.140. The summed E-state index contributed by atoms with van der Waals surface area (Å²) in [5.41, 5.74) is 1.45. The molecular formula is C26H20N2O4. The van der Waals surface area contributed by atoms with Gasteiger partial charge in [-0.15, -0.1) is 0 Å². The predicted octanol–water partition coefficient (Wildman–Crippen LogP) is 4.44. The molecule has 2 aliphatic rings. The first-order valence-corrected chi connectivity index (χ1v) is 10.2. The van der Waals surface area contributed by atoms with Crippen LogP contribution in [-0.2, 0) is 15.2 Å². The molecule has 6 heteroatoms. The van der Waals surface area contributed by atoms with Crippen LogP contribution >= 0.6 is 0 Å². The van der Waals surface area contributed by atoms with Crippen molar-refractivity contribution >= 4 is 29.2 Å². The van der Waals surface area contributed by atoms with E-state index < -0.39 is 17.4 Å². The third kappa shape index (κ3) is 3.08. The van der Waals surface area contributed by atoms with Gasteiger partial charge in [-0.2, -0.15) is 0 Å². The number of carbonyl (C=O) groups is 2. The van der Waals surface area contributed by atoms with E-state index in [4.69, 9.17) is 9.57 Å². The number of Topliss-reactive ketones (excluding diaryl/α,β-unsaturated/α-hetero) is 1. The lowest BCUT2D eigenvalue weighted by Gasteiger charge is -2.26. The van der Waals surface area contributed by atoms with E-state index in [0.29, 0.717) is 28.3 Å². The van der Waals surface area contributed by atoms with Crippen molar-refractivity contribution in [2.24, 2.45) is 11.1 Å². The second kappa shape index (κ2) is 7.81.